The van der Waals surface area contributed by atoms with Gasteiger partial charge in [-0.25, -0.2) is 19.4 Å². The van der Waals surface area contributed by atoms with E-state index in [1.165, 1.54) is 16.9 Å². The molecule has 1 atom stereocenters. The van der Waals surface area contributed by atoms with E-state index in [0.717, 1.165) is 34.6 Å². The molecule has 0 unspecified atom stereocenters. The van der Waals surface area contributed by atoms with Gasteiger partial charge in [0.1, 0.15) is 11.2 Å². The molecular formula is C12H12N4OS. The maximum absolute atomic E-state index is 11.4. The first kappa shape index (κ1) is 10.3. The number of hydrogen-bond acceptors (Lipinski definition) is 4. The molecule has 0 fully saturated rings. The Kier molecular flexibility index (Phi) is 1.94. The fraction of sp³-hybridized carbons (Fsp3) is 0.417. The molecule has 3 aromatic heterocycles. The Morgan fingerprint density at radius 2 is 2.44 bits per heavy atom. The summed E-state index contributed by atoms with van der Waals surface area (Å²) in [5.74, 6) is 0.739. The number of aromatic amines is 1. The third-order valence-electron chi connectivity index (χ3n) is 3.66. The van der Waals surface area contributed by atoms with Crippen LogP contribution in [0.5, 0.6) is 0 Å². The van der Waals surface area contributed by atoms with Crippen LogP contribution in [0.3, 0.4) is 0 Å². The second kappa shape index (κ2) is 3.41. The van der Waals surface area contributed by atoms with Crippen LogP contribution >= 0.6 is 11.3 Å². The minimum absolute atomic E-state index is 0.312. The van der Waals surface area contributed by atoms with Crippen LogP contribution in [0.25, 0.3) is 15.9 Å². The lowest BCUT2D eigenvalue weighted by Gasteiger charge is -2.17. The summed E-state index contributed by atoms with van der Waals surface area (Å²) in [6, 6.07) is 0. The number of aromatic nitrogens is 4. The Morgan fingerprint density at radius 3 is 3.33 bits per heavy atom. The highest BCUT2D eigenvalue weighted by Gasteiger charge is 2.23. The molecule has 1 aliphatic carbocycles. The number of H-pyrrole nitrogens is 1. The van der Waals surface area contributed by atoms with Crippen molar-refractivity contribution in [3.63, 3.8) is 0 Å². The van der Waals surface area contributed by atoms with Crippen LogP contribution < -0.4 is 5.69 Å². The maximum atomic E-state index is 11.4. The minimum atomic E-state index is -0.312. The SMILES string of the molecule is C[C@H]1CCc2c(sc3ncn4[nH]c(=O)nc4c23)C1. The van der Waals surface area contributed by atoms with Crippen molar-refractivity contribution in [3.05, 3.63) is 27.3 Å². The molecule has 0 saturated carbocycles. The second-order valence-electron chi connectivity index (χ2n) is 5.00. The van der Waals surface area contributed by atoms with Crippen molar-refractivity contribution >= 4 is 27.2 Å². The molecule has 6 heteroatoms. The number of nitrogens with one attached hydrogen (secondary N) is 1. The Morgan fingerprint density at radius 1 is 1.56 bits per heavy atom. The van der Waals surface area contributed by atoms with Crippen LogP contribution in [-0.4, -0.2) is 19.6 Å². The highest BCUT2D eigenvalue weighted by atomic mass is 32.1. The minimum Gasteiger partial charge on any atom is -0.244 e. The number of nitrogens with zero attached hydrogens (tertiary/aromatic N) is 3. The molecular weight excluding hydrogens is 248 g/mol. The van der Waals surface area contributed by atoms with Crippen molar-refractivity contribution in [3.8, 4) is 0 Å². The third-order valence-corrected chi connectivity index (χ3v) is 4.82. The molecule has 18 heavy (non-hydrogen) atoms. The van der Waals surface area contributed by atoms with Gasteiger partial charge >= 0.3 is 5.69 Å². The highest BCUT2D eigenvalue weighted by Crippen LogP contribution is 2.38. The van der Waals surface area contributed by atoms with Gasteiger partial charge in [0.2, 0.25) is 0 Å². The predicted molar refractivity (Wildman–Crippen MR) is 70.2 cm³/mol. The number of fused-ring (bicyclic) bond motifs is 5. The fourth-order valence-electron chi connectivity index (χ4n) is 2.76. The van der Waals surface area contributed by atoms with Gasteiger partial charge in [0.15, 0.2) is 5.65 Å². The highest BCUT2D eigenvalue weighted by molar-refractivity contribution is 7.19. The van der Waals surface area contributed by atoms with Gasteiger partial charge in [-0.2, -0.15) is 4.98 Å². The molecule has 0 bridgehead atoms. The van der Waals surface area contributed by atoms with Gasteiger partial charge in [0.25, 0.3) is 0 Å². The van der Waals surface area contributed by atoms with Gasteiger partial charge in [0, 0.05) is 4.88 Å². The van der Waals surface area contributed by atoms with E-state index in [2.05, 4.69) is 22.0 Å². The zero-order chi connectivity index (χ0) is 12.3. The lowest BCUT2D eigenvalue weighted by molar-refractivity contribution is 0.509. The summed E-state index contributed by atoms with van der Waals surface area (Å²) in [5.41, 5.74) is 1.76. The van der Waals surface area contributed by atoms with Crippen molar-refractivity contribution in [2.45, 2.75) is 26.2 Å². The molecule has 1 aliphatic rings. The molecule has 1 N–H and O–H groups in total. The first-order valence-corrected chi connectivity index (χ1v) is 6.91. The van der Waals surface area contributed by atoms with E-state index in [1.807, 2.05) is 0 Å². The summed E-state index contributed by atoms with van der Waals surface area (Å²) in [6.45, 7) is 2.29. The number of thiophene rings is 1. The first-order valence-electron chi connectivity index (χ1n) is 6.10. The summed E-state index contributed by atoms with van der Waals surface area (Å²) in [4.78, 5) is 22.3. The lowest BCUT2D eigenvalue weighted by atomic mass is 9.89. The van der Waals surface area contributed by atoms with Crippen LogP contribution in [0.15, 0.2) is 11.1 Å². The summed E-state index contributed by atoms with van der Waals surface area (Å²) < 4.78 is 1.62. The van der Waals surface area contributed by atoms with Crippen molar-refractivity contribution in [1.82, 2.24) is 19.6 Å². The maximum Gasteiger partial charge on any atom is 0.362 e. The van der Waals surface area contributed by atoms with Gasteiger partial charge in [0.05, 0.1) is 5.39 Å². The molecule has 0 radical (unpaired) electrons. The summed E-state index contributed by atoms with van der Waals surface area (Å²) in [7, 11) is 0. The van der Waals surface area contributed by atoms with E-state index in [9.17, 15) is 4.79 Å². The van der Waals surface area contributed by atoms with Crippen molar-refractivity contribution in [1.29, 1.82) is 0 Å². The normalized spacial score (nSPS) is 19.5. The third kappa shape index (κ3) is 1.29. The second-order valence-corrected chi connectivity index (χ2v) is 6.08. The fourth-order valence-corrected chi connectivity index (χ4v) is 4.10. The van der Waals surface area contributed by atoms with E-state index >= 15 is 0 Å². The Hall–Kier alpha value is -1.69. The van der Waals surface area contributed by atoms with E-state index in [4.69, 9.17) is 0 Å². The van der Waals surface area contributed by atoms with Gasteiger partial charge < -0.3 is 0 Å². The van der Waals surface area contributed by atoms with Crippen LogP contribution in [-0.2, 0) is 12.8 Å². The molecule has 3 heterocycles. The number of aryl methyl sites for hydroxylation is 1. The van der Waals surface area contributed by atoms with Gasteiger partial charge in [-0.05, 0) is 30.7 Å². The molecule has 0 aliphatic heterocycles. The average molecular weight is 260 g/mol. The monoisotopic (exact) mass is 260 g/mol. The number of hydrogen-bond donors (Lipinski definition) is 1. The largest absolute Gasteiger partial charge is 0.362 e. The van der Waals surface area contributed by atoms with Crippen LogP contribution in [0.2, 0.25) is 0 Å². The van der Waals surface area contributed by atoms with E-state index in [1.54, 1.807) is 22.2 Å². The zero-order valence-corrected chi connectivity index (χ0v) is 10.8. The summed E-state index contributed by atoms with van der Waals surface area (Å²) in [6.07, 6.45) is 5.03. The van der Waals surface area contributed by atoms with E-state index in [-0.39, 0.29) is 5.69 Å². The van der Waals surface area contributed by atoms with E-state index in [0.29, 0.717) is 0 Å². The molecule has 5 nitrogen and oxygen atoms in total. The lowest BCUT2D eigenvalue weighted by Crippen LogP contribution is -2.08. The van der Waals surface area contributed by atoms with Crippen molar-refractivity contribution < 1.29 is 0 Å². The summed E-state index contributed by atoms with van der Waals surface area (Å²) in [5, 5.41) is 3.72. The first-order chi connectivity index (χ1) is 8.72. The smallest absolute Gasteiger partial charge is 0.244 e. The Labute approximate surface area is 106 Å². The van der Waals surface area contributed by atoms with Crippen molar-refractivity contribution in [2.75, 3.05) is 0 Å². The van der Waals surface area contributed by atoms with Crippen molar-refractivity contribution in [2.24, 2.45) is 5.92 Å². The Bertz CT molecular complexity index is 813. The molecule has 0 saturated heterocycles. The standard InChI is InChI=1S/C12H12N4OS/c1-6-2-3-7-8(4-6)18-11-9(7)10-14-12(17)15-16(10)5-13-11/h5-6H,2-4H2,1H3,(H,15,17)/t6-/m0/s1. The number of rotatable bonds is 0. The topological polar surface area (TPSA) is 63.1 Å². The Balaban J connectivity index is 2.14. The van der Waals surface area contributed by atoms with Crippen LogP contribution in [0, 0.1) is 5.92 Å². The van der Waals surface area contributed by atoms with Gasteiger partial charge in [-0.3, -0.25) is 0 Å². The molecule has 0 spiro atoms. The molecule has 3 aromatic rings. The quantitative estimate of drug-likeness (QED) is 0.670. The molecule has 0 aromatic carbocycles. The van der Waals surface area contributed by atoms with Gasteiger partial charge in [-0.1, -0.05) is 6.92 Å². The van der Waals surface area contributed by atoms with Crippen LogP contribution in [0.1, 0.15) is 23.8 Å². The zero-order valence-electron chi connectivity index (χ0n) is 9.93. The average Bonchev–Trinajstić information content (AvgIpc) is 2.86. The predicted octanol–water partition coefficient (Wildman–Crippen LogP) is 1.76. The van der Waals surface area contributed by atoms with E-state index < -0.39 is 0 Å². The molecule has 92 valence electrons. The van der Waals surface area contributed by atoms with Crippen LogP contribution in [0.4, 0.5) is 0 Å². The molecule has 0 amide bonds. The van der Waals surface area contributed by atoms with Gasteiger partial charge in [-0.15, -0.1) is 11.3 Å². The summed E-state index contributed by atoms with van der Waals surface area (Å²) >= 11 is 1.75. The molecule has 4 rings (SSSR count).